The van der Waals surface area contributed by atoms with Gasteiger partial charge in [-0.15, -0.1) is 11.3 Å². The molecule has 1 aromatic carbocycles. The number of hydrogen-bond donors (Lipinski definition) is 2. The van der Waals surface area contributed by atoms with E-state index in [1.807, 2.05) is 6.92 Å². The van der Waals surface area contributed by atoms with Crippen LogP contribution in [0, 0.1) is 12.8 Å². The fourth-order valence-electron chi connectivity index (χ4n) is 3.07. The Kier molecular flexibility index (Phi) is 5.99. The molecule has 3 rings (SSSR count). The zero-order valence-electron chi connectivity index (χ0n) is 14.2. The van der Waals surface area contributed by atoms with E-state index in [0.717, 1.165) is 42.2 Å². The van der Waals surface area contributed by atoms with Crippen LogP contribution in [0.3, 0.4) is 0 Å². The molecule has 0 spiro atoms. The molecule has 1 aliphatic rings. The zero-order valence-corrected chi connectivity index (χ0v) is 15.0. The van der Waals surface area contributed by atoms with Crippen LogP contribution in [0.15, 0.2) is 29.6 Å². The van der Waals surface area contributed by atoms with E-state index in [1.165, 1.54) is 12.0 Å². The molecule has 2 heterocycles. The van der Waals surface area contributed by atoms with E-state index in [1.54, 1.807) is 11.3 Å². The molecule has 1 amide bonds. The topological polar surface area (TPSA) is 54.0 Å². The maximum absolute atomic E-state index is 11.9. The molecule has 1 unspecified atom stereocenters. The van der Waals surface area contributed by atoms with Crippen LogP contribution in [-0.4, -0.2) is 30.5 Å². The second-order valence-corrected chi connectivity index (χ2v) is 7.51. The van der Waals surface area contributed by atoms with Crippen LogP contribution in [0.2, 0.25) is 0 Å². The third-order valence-corrected chi connectivity index (χ3v) is 5.32. The number of carbonyl (C=O) groups is 1. The summed E-state index contributed by atoms with van der Waals surface area (Å²) >= 11 is 1.67. The lowest BCUT2D eigenvalue weighted by Gasteiger charge is -2.09. The number of nitrogens with one attached hydrogen (secondary N) is 2. The summed E-state index contributed by atoms with van der Waals surface area (Å²) < 4.78 is 0. The summed E-state index contributed by atoms with van der Waals surface area (Å²) in [6, 6.07) is 8.47. The standard InChI is InChI=1S/C19H25N3OS/c1-14-22-18(13-24-14)17-5-2-15(3-6-17)9-11-21-19(23)7-4-16-8-10-20-12-16/h2-3,5-6,13,16,20H,4,7-12H2,1H3,(H,21,23). The molecule has 0 bridgehead atoms. The van der Waals surface area contributed by atoms with Crippen LogP contribution >= 0.6 is 11.3 Å². The number of aryl methyl sites for hydroxylation is 1. The second kappa shape index (κ2) is 8.40. The van der Waals surface area contributed by atoms with Gasteiger partial charge in [0, 0.05) is 23.9 Å². The Hall–Kier alpha value is -1.72. The summed E-state index contributed by atoms with van der Waals surface area (Å²) in [5, 5.41) is 9.55. The molecule has 0 saturated carbocycles. The summed E-state index contributed by atoms with van der Waals surface area (Å²) in [6.07, 6.45) is 3.72. The Bertz CT molecular complexity index is 660. The third-order valence-electron chi connectivity index (χ3n) is 4.55. The number of hydrogen-bond acceptors (Lipinski definition) is 4. The van der Waals surface area contributed by atoms with E-state index in [9.17, 15) is 4.79 Å². The van der Waals surface area contributed by atoms with Gasteiger partial charge in [-0.1, -0.05) is 24.3 Å². The van der Waals surface area contributed by atoms with Crippen molar-refractivity contribution in [1.29, 1.82) is 0 Å². The van der Waals surface area contributed by atoms with Crippen LogP contribution in [0.5, 0.6) is 0 Å². The molecule has 4 nitrogen and oxygen atoms in total. The summed E-state index contributed by atoms with van der Waals surface area (Å²) in [5.74, 6) is 0.856. The van der Waals surface area contributed by atoms with Crippen LogP contribution in [0.4, 0.5) is 0 Å². The first-order valence-corrected chi connectivity index (χ1v) is 9.57. The second-order valence-electron chi connectivity index (χ2n) is 6.45. The Balaban J connectivity index is 1.39. The highest BCUT2D eigenvalue weighted by Crippen LogP contribution is 2.21. The van der Waals surface area contributed by atoms with Gasteiger partial charge in [0.2, 0.25) is 5.91 Å². The highest BCUT2D eigenvalue weighted by molar-refractivity contribution is 7.09. The van der Waals surface area contributed by atoms with Crippen molar-refractivity contribution in [1.82, 2.24) is 15.6 Å². The molecule has 1 saturated heterocycles. The number of thiazole rings is 1. The molecule has 1 aromatic heterocycles. The Morgan fingerprint density at radius 1 is 1.38 bits per heavy atom. The summed E-state index contributed by atoms with van der Waals surface area (Å²) in [5.41, 5.74) is 3.43. The van der Waals surface area contributed by atoms with Gasteiger partial charge < -0.3 is 10.6 Å². The predicted molar refractivity (Wildman–Crippen MR) is 99.2 cm³/mol. The molecular formula is C19H25N3OS. The smallest absolute Gasteiger partial charge is 0.220 e. The van der Waals surface area contributed by atoms with E-state index >= 15 is 0 Å². The predicted octanol–water partition coefficient (Wildman–Crippen LogP) is 3.17. The third kappa shape index (κ3) is 4.89. The Labute approximate surface area is 147 Å². The number of amides is 1. The first-order chi connectivity index (χ1) is 11.7. The quantitative estimate of drug-likeness (QED) is 0.812. The molecule has 0 aliphatic carbocycles. The molecule has 2 aromatic rings. The number of benzene rings is 1. The molecule has 0 radical (unpaired) electrons. The van der Waals surface area contributed by atoms with Gasteiger partial charge in [-0.05, 0) is 50.8 Å². The normalized spacial score (nSPS) is 17.1. The first kappa shape index (κ1) is 17.1. The van der Waals surface area contributed by atoms with Gasteiger partial charge in [0.05, 0.1) is 10.7 Å². The van der Waals surface area contributed by atoms with Crippen molar-refractivity contribution in [2.75, 3.05) is 19.6 Å². The van der Waals surface area contributed by atoms with Crippen LogP contribution in [0.25, 0.3) is 11.3 Å². The zero-order chi connectivity index (χ0) is 16.8. The maximum atomic E-state index is 11.9. The molecule has 1 fully saturated rings. The Morgan fingerprint density at radius 2 is 2.21 bits per heavy atom. The Morgan fingerprint density at radius 3 is 2.88 bits per heavy atom. The van der Waals surface area contributed by atoms with Gasteiger partial charge in [0.1, 0.15) is 0 Å². The molecule has 2 N–H and O–H groups in total. The van der Waals surface area contributed by atoms with Gasteiger partial charge >= 0.3 is 0 Å². The average Bonchev–Trinajstić information content (AvgIpc) is 3.25. The number of aromatic nitrogens is 1. The van der Waals surface area contributed by atoms with Crippen LogP contribution in [0.1, 0.15) is 29.8 Å². The van der Waals surface area contributed by atoms with E-state index in [4.69, 9.17) is 0 Å². The number of carbonyl (C=O) groups excluding carboxylic acids is 1. The van der Waals surface area contributed by atoms with E-state index in [2.05, 4.69) is 45.3 Å². The average molecular weight is 343 g/mol. The number of rotatable bonds is 7. The van der Waals surface area contributed by atoms with Crippen molar-refractivity contribution in [3.8, 4) is 11.3 Å². The van der Waals surface area contributed by atoms with Crippen molar-refractivity contribution in [2.45, 2.75) is 32.6 Å². The first-order valence-electron chi connectivity index (χ1n) is 8.69. The van der Waals surface area contributed by atoms with Crippen LogP contribution in [-0.2, 0) is 11.2 Å². The van der Waals surface area contributed by atoms with Gasteiger partial charge in [-0.3, -0.25) is 4.79 Å². The van der Waals surface area contributed by atoms with Crippen LogP contribution < -0.4 is 10.6 Å². The minimum atomic E-state index is 0.177. The van der Waals surface area contributed by atoms with Crippen molar-refractivity contribution in [3.05, 3.63) is 40.2 Å². The van der Waals surface area contributed by atoms with E-state index < -0.39 is 0 Å². The van der Waals surface area contributed by atoms with E-state index in [0.29, 0.717) is 18.9 Å². The van der Waals surface area contributed by atoms with Crippen molar-refractivity contribution < 1.29 is 4.79 Å². The van der Waals surface area contributed by atoms with Gasteiger partial charge in [0.15, 0.2) is 0 Å². The summed E-state index contributed by atoms with van der Waals surface area (Å²) in [7, 11) is 0. The minimum absolute atomic E-state index is 0.177. The monoisotopic (exact) mass is 343 g/mol. The summed E-state index contributed by atoms with van der Waals surface area (Å²) in [4.78, 5) is 16.4. The lowest BCUT2D eigenvalue weighted by atomic mass is 10.0. The molecule has 1 aliphatic heterocycles. The van der Waals surface area contributed by atoms with E-state index in [-0.39, 0.29) is 5.91 Å². The molecular weight excluding hydrogens is 318 g/mol. The number of nitrogens with zero attached hydrogens (tertiary/aromatic N) is 1. The highest BCUT2D eigenvalue weighted by atomic mass is 32.1. The SMILES string of the molecule is Cc1nc(-c2ccc(CCNC(=O)CCC3CCNC3)cc2)cs1. The van der Waals surface area contributed by atoms with Crippen molar-refractivity contribution in [2.24, 2.45) is 5.92 Å². The molecule has 128 valence electrons. The van der Waals surface area contributed by atoms with Gasteiger partial charge in [0.25, 0.3) is 0 Å². The maximum Gasteiger partial charge on any atom is 0.220 e. The fraction of sp³-hybridized carbons (Fsp3) is 0.474. The lowest BCUT2D eigenvalue weighted by Crippen LogP contribution is -2.26. The van der Waals surface area contributed by atoms with Crippen molar-refractivity contribution >= 4 is 17.2 Å². The van der Waals surface area contributed by atoms with Gasteiger partial charge in [-0.2, -0.15) is 0 Å². The minimum Gasteiger partial charge on any atom is -0.356 e. The molecule has 5 heteroatoms. The van der Waals surface area contributed by atoms with Crippen molar-refractivity contribution in [3.63, 3.8) is 0 Å². The fourth-order valence-corrected chi connectivity index (χ4v) is 3.69. The summed E-state index contributed by atoms with van der Waals surface area (Å²) in [6.45, 7) is 4.90. The molecule has 24 heavy (non-hydrogen) atoms. The lowest BCUT2D eigenvalue weighted by molar-refractivity contribution is -0.121. The highest BCUT2D eigenvalue weighted by Gasteiger charge is 2.15. The molecule has 1 atom stereocenters. The van der Waals surface area contributed by atoms with Gasteiger partial charge in [-0.25, -0.2) is 4.98 Å². The largest absolute Gasteiger partial charge is 0.356 e.